The van der Waals surface area contributed by atoms with Crippen LogP contribution in [0, 0.1) is 12.7 Å². The molecule has 6 heteroatoms. The van der Waals surface area contributed by atoms with E-state index in [0.717, 1.165) is 17.2 Å². The van der Waals surface area contributed by atoms with E-state index >= 15 is 0 Å². The van der Waals surface area contributed by atoms with Gasteiger partial charge in [0.25, 0.3) is 10.0 Å². The Bertz CT molecular complexity index is 1020. The molecule has 0 amide bonds. The SMILES string of the molecule is Cc1ccc(CN(c2cccc(Cl)c2)S(=O)(=O)c2cccc(F)c2)cc1. The van der Waals surface area contributed by atoms with E-state index in [9.17, 15) is 12.8 Å². The topological polar surface area (TPSA) is 37.4 Å². The summed E-state index contributed by atoms with van der Waals surface area (Å²) in [5.41, 5.74) is 2.31. The Hall–Kier alpha value is -2.37. The van der Waals surface area contributed by atoms with Gasteiger partial charge in [0.05, 0.1) is 17.1 Å². The Morgan fingerprint density at radius 2 is 1.65 bits per heavy atom. The standard InChI is InChI=1S/C20H17ClFNO2S/c1-15-8-10-16(11-9-15)14-23(19-6-2-4-17(21)12-19)26(24,25)20-7-3-5-18(22)13-20/h2-13H,14H2,1H3. The minimum absolute atomic E-state index is 0.107. The molecule has 0 saturated carbocycles. The average molecular weight is 390 g/mol. The summed E-state index contributed by atoms with van der Waals surface area (Å²) in [6.45, 7) is 2.07. The molecule has 134 valence electrons. The second-order valence-electron chi connectivity index (χ2n) is 5.93. The van der Waals surface area contributed by atoms with Gasteiger partial charge in [-0.1, -0.05) is 53.6 Å². The van der Waals surface area contributed by atoms with Crippen LogP contribution in [0.15, 0.2) is 77.7 Å². The number of hydrogen-bond donors (Lipinski definition) is 0. The molecule has 0 fully saturated rings. The van der Waals surface area contributed by atoms with Crippen molar-refractivity contribution in [3.05, 3.63) is 94.8 Å². The molecule has 3 rings (SSSR count). The third-order valence-electron chi connectivity index (χ3n) is 3.93. The monoisotopic (exact) mass is 389 g/mol. The van der Waals surface area contributed by atoms with Crippen LogP contribution in [-0.4, -0.2) is 8.42 Å². The molecule has 0 aliphatic heterocycles. The van der Waals surface area contributed by atoms with Gasteiger partial charge in [-0.25, -0.2) is 12.8 Å². The largest absolute Gasteiger partial charge is 0.264 e. The van der Waals surface area contributed by atoms with Gasteiger partial charge in [-0.3, -0.25) is 4.31 Å². The molecule has 26 heavy (non-hydrogen) atoms. The van der Waals surface area contributed by atoms with Crippen molar-refractivity contribution in [2.45, 2.75) is 18.4 Å². The maximum absolute atomic E-state index is 13.6. The number of aryl methyl sites for hydroxylation is 1. The van der Waals surface area contributed by atoms with E-state index in [-0.39, 0.29) is 11.4 Å². The number of rotatable bonds is 5. The van der Waals surface area contributed by atoms with Gasteiger partial charge in [-0.05, 0) is 48.9 Å². The molecule has 0 bridgehead atoms. The molecule has 0 unspecified atom stereocenters. The van der Waals surface area contributed by atoms with Crippen LogP contribution in [0.4, 0.5) is 10.1 Å². The van der Waals surface area contributed by atoms with E-state index in [4.69, 9.17) is 11.6 Å². The fourth-order valence-corrected chi connectivity index (χ4v) is 4.22. The Labute approximate surface area is 157 Å². The molecule has 0 heterocycles. The van der Waals surface area contributed by atoms with Crippen molar-refractivity contribution in [2.75, 3.05) is 4.31 Å². The van der Waals surface area contributed by atoms with Crippen molar-refractivity contribution in [1.82, 2.24) is 0 Å². The molecule has 0 aliphatic carbocycles. The van der Waals surface area contributed by atoms with Crippen molar-refractivity contribution >= 4 is 27.3 Å². The predicted octanol–water partition coefficient (Wildman–Crippen LogP) is 5.18. The summed E-state index contributed by atoms with van der Waals surface area (Å²) in [6.07, 6.45) is 0. The molecule has 0 aromatic heterocycles. The Balaban J connectivity index is 2.09. The van der Waals surface area contributed by atoms with Gasteiger partial charge in [0.15, 0.2) is 0 Å². The van der Waals surface area contributed by atoms with Gasteiger partial charge in [-0.15, -0.1) is 0 Å². The van der Waals surface area contributed by atoms with E-state index < -0.39 is 15.8 Å². The second-order valence-corrected chi connectivity index (χ2v) is 8.23. The van der Waals surface area contributed by atoms with Gasteiger partial charge < -0.3 is 0 Å². The number of nitrogens with zero attached hydrogens (tertiary/aromatic N) is 1. The Morgan fingerprint density at radius 1 is 0.962 bits per heavy atom. The summed E-state index contributed by atoms with van der Waals surface area (Å²) in [4.78, 5) is -0.107. The molecular formula is C20H17ClFNO2S. The fourth-order valence-electron chi connectivity index (χ4n) is 2.56. The summed E-state index contributed by atoms with van der Waals surface area (Å²) in [5.74, 6) is -0.604. The maximum Gasteiger partial charge on any atom is 0.264 e. The quantitative estimate of drug-likeness (QED) is 0.602. The van der Waals surface area contributed by atoms with Crippen molar-refractivity contribution < 1.29 is 12.8 Å². The van der Waals surface area contributed by atoms with Gasteiger partial charge >= 0.3 is 0 Å². The van der Waals surface area contributed by atoms with E-state index in [0.29, 0.717) is 10.7 Å². The van der Waals surface area contributed by atoms with E-state index in [1.165, 1.54) is 22.5 Å². The van der Waals surface area contributed by atoms with Gasteiger partial charge in [-0.2, -0.15) is 0 Å². The highest BCUT2D eigenvalue weighted by molar-refractivity contribution is 7.92. The van der Waals surface area contributed by atoms with Crippen molar-refractivity contribution in [3.63, 3.8) is 0 Å². The summed E-state index contributed by atoms with van der Waals surface area (Å²) in [6, 6.07) is 19.1. The van der Waals surface area contributed by atoms with Crippen LogP contribution in [0.3, 0.4) is 0 Å². The van der Waals surface area contributed by atoms with Crippen LogP contribution >= 0.6 is 11.6 Å². The molecule has 0 spiro atoms. The predicted molar refractivity (Wildman–Crippen MR) is 102 cm³/mol. The third kappa shape index (κ3) is 4.06. The number of sulfonamides is 1. The van der Waals surface area contributed by atoms with Crippen molar-refractivity contribution in [3.8, 4) is 0 Å². The van der Waals surface area contributed by atoms with Crippen molar-refractivity contribution in [2.24, 2.45) is 0 Å². The maximum atomic E-state index is 13.6. The van der Waals surface area contributed by atoms with Crippen LogP contribution in [0.1, 0.15) is 11.1 Å². The highest BCUT2D eigenvalue weighted by Gasteiger charge is 2.26. The fraction of sp³-hybridized carbons (Fsp3) is 0.100. The lowest BCUT2D eigenvalue weighted by Crippen LogP contribution is -2.30. The molecule has 3 nitrogen and oxygen atoms in total. The lowest BCUT2D eigenvalue weighted by atomic mass is 10.1. The number of benzene rings is 3. The van der Waals surface area contributed by atoms with Crippen LogP contribution in [0.5, 0.6) is 0 Å². The van der Waals surface area contributed by atoms with Crippen LogP contribution in [0.2, 0.25) is 5.02 Å². The second kappa shape index (κ2) is 7.48. The summed E-state index contributed by atoms with van der Waals surface area (Å²) < 4.78 is 41.2. The summed E-state index contributed by atoms with van der Waals surface area (Å²) >= 11 is 6.05. The minimum atomic E-state index is -3.97. The first kappa shape index (κ1) is 18.4. The molecular weight excluding hydrogens is 373 g/mol. The highest BCUT2D eigenvalue weighted by Crippen LogP contribution is 2.28. The molecule has 0 N–H and O–H groups in total. The first-order chi connectivity index (χ1) is 12.4. The van der Waals surface area contributed by atoms with Gasteiger partial charge in [0, 0.05) is 5.02 Å². The highest BCUT2D eigenvalue weighted by atomic mass is 35.5. The van der Waals surface area contributed by atoms with Crippen molar-refractivity contribution in [1.29, 1.82) is 0 Å². The summed E-state index contributed by atoms with van der Waals surface area (Å²) in [5, 5.41) is 0.422. The Kier molecular flexibility index (Phi) is 5.30. The first-order valence-electron chi connectivity index (χ1n) is 7.96. The average Bonchev–Trinajstić information content (AvgIpc) is 2.61. The third-order valence-corrected chi connectivity index (χ3v) is 5.93. The zero-order chi connectivity index (χ0) is 18.7. The van der Waals surface area contributed by atoms with Crippen LogP contribution in [-0.2, 0) is 16.6 Å². The lowest BCUT2D eigenvalue weighted by Gasteiger charge is -2.25. The smallest absolute Gasteiger partial charge is 0.262 e. The molecule has 0 radical (unpaired) electrons. The zero-order valence-electron chi connectivity index (χ0n) is 14.1. The molecule has 0 atom stereocenters. The first-order valence-corrected chi connectivity index (χ1v) is 9.77. The lowest BCUT2D eigenvalue weighted by molar-refractivity contribution is 0.586. The van der Waals surface area contributed by atoms with Crippen LogP contribution in [0.25, 0.3) is 0 Å². The Morgan fingerprint density at radius 3 is 2.31 bits per heavy atom. The molecule has 3 aromatic carbocycles. The van der Waals surface area contributed by atoms with E-state index in [1.54, 1.807) is 24.3 Å². The molecule has 0 saturated heterocycles. The van der Waals surface area contributed by atoms with Gasteiger partial charge in [0.2, 0.25) is 0 Å². The number of hydrogen-bond acceptors (Lipinski definition) is 2. The normalized spacial score (nSPS) is 11.3. The molecule has 0 aliphatic rings. The molecule has 3 aromatic rings. The number of halogens is 2. The summed E-state index contributed by atoms with van der Waals surface area (Å²) in [7, 11) is -3.97. The van der Waals surface area contributed by atoms with Gasteiger partial charge in [0.1, 0.15) is 5.82 Å². The zero-order valence-corrected chi connectivity index (χ0v) is 15.6. The van der Waals surface area contributed by atoms with E-state index in [2.05, 4.69) is 0 Å². The van der Waals surface area contributed by atoms with E-state index in [1.807, 2.05) is 31.2 Å². The minimum Gasteiger partial charge on any atom is -0.262 e. The van der Waals surface area contributed by atoms with Crippen LogP contribution < -0.4 is 4.31 Å². The number of anilines is 1.